The Morgan fingerprint density at radius 1 is 0.300 bits per heavy atom. The first-order chi connectivity index (χ1) is 65.4. The molecule has 18 aromatic rings. The Morgan fingerprint density at radius 2 is 0.717 bits per heavy atom. The van der Waals surface area contributed by atoms with E-state index in [0.29, 0.717) is 35.2 Å². The van der Waals surface area contributed by atoms with E-state index in [1.807, 2.05) is 34.9 Å². The quantitative estimate of drug-likeness (QED) is 0.0799. The summed E-state index contributed by atoms with van der Waals surface area (Å²) in [5, 5.41) is 0.641. The Bertz CT molecular complexity index is 7780. The van der Waals surface area contributed by atoms with Crippen LogP contribution in [0.1, 0.15) is 136 Å². The molecule has 16 aromatic carbocycles. The molecular weight excluding hydrogens is 1450 g/mol. The number of fused-ring (bicyclic) bond motifs is 10. The molecule has 0 radical (unpaired) electrons. The number of aromatic nitrogens is 2. The number of aryl methyl sites for hydroxylation is 2. The van der Waals surface area contributed by atoms with Gasteiger partial charge >= 0.3 is 0 Å². The van der Waals surface area contributed by atoms with E-state index in [1.165, 1.54) is 5.56 Å². The van der Waals surface area contributed by atoms with Crippen molar-refractivity contribution in [1.82, 2.24) is 9.13 Å². The van der Waals surface area contributed by atoms with Crippen LogP contribution in [-0.4, -0.2) is 15.8 Å². The molecular formula is C114H100BN5. The van der Waals surface area contributed by atoms with Gasteiger partial charge in [-0.3, -0.25) is 0 Å². The van der Waals surface area contributed by atoms with E-state index < -0.39 is 85.3 Å². The van der Waals surface area contributed by atoms with Gasteiger partial charge in [-0.15, -0.1) is 0 Å². The highest BCUT2D eigenvalue weighted by molar-refractivity contribution is 7.00. The summed E-state index contributed by atoms with van der Waals surface area (Å²) in [4.78, 5) is 6.60. The molecule has 6 heteroatoms. The van der Waals surface area contributed by atoms with E-state index in [9.17, 15) is 13.7 Å². The standard InChI is InChI=1S/C114H100BN5/c1-112(2,3)85-44-34-35-78(64-85)63-79-56-59-102-108(66-79)119(76-100-96(83-40-20-12-21-41-83)71-87(114(7,8)9)72-97(100)84-42-22-13-23-43-84)110-68-80(74-117-105-54-33-30-51-93(105)98-73-90(57-60-106(98)117)120(88-45-24-14-25-46-88)89-47-26-15-27-48-89)67-109-111(110)115(102)101-58-55-77(61-62-116-103-52-31-28-49-91(103)92-50-29-32-53-104(92)116)65-107(101)118(109)75-99-94(81-36-16-10-17-37-81)69-86(113(4,5)6)70-95(99)82-38-18-11-19-39-82/h10-60,64-73H,61-63,74-76H2,1-9H3/i14D,24D,25D,28D,29D,30D,31D,32D,33D,45D,46D,49D,50D,51D,52D,53D,54D. The molecule has 0 unspecified atom stereocenters. The molecule has 584 valence electrons. The molecule has 0 saturated heterocycles. The lowest BCUT2D eigenvalue weighted by Crippen LogP contribution is -2.62. The molecule has 0 bridgehead atoms. The van der Waals surface area contributed by atoms with Gasteiger partial charge in [0.15, 0.2) is 0 Å². The first-order valence-electron chi connectivity index (χ1n) is 50.0. The topological polar surface area (TPSA) is 19.6 Å². The summed E-state index contributed by atoms with van der Waals surface area (Å²) in [6, 6.07) is 85.7. The number of hydrogen-bond donors (Lipinski definition) is 0. The lowest BCUT2D eigenvalue weighted by molar-refractivity contribution is 0.589. The number of para-hydroxylation sites is 5. The maximum Gasteiger partial charge on any atom is 0.252 e. The molecule has 0 N–H and O–H groups in total. The molecule has 0 saturated carbocycles. The predicted molar refractivity (Wildman–Crippen MR) is 512 cm³/mol. The SMILES string of the molecule is [2H]c1c([2H])c([2H])c(N(c2ccccc2)c2ccc3c(c2)c2c([2H])c([2H])c([2H])c([2H])c2n3Cc2cc3c4c(c2)N(Cc2c(-c5ccccc5)cc(C(C)(C)C)cc2-c2ccccc2)c2cc(Cc5cccc(C(C)(C)C)c5)ccc2B4c2ccc(CCn4c5c([2H])c([2H])c([2H])c([2H])c5c5c([2H])c([2H])c([2H])c([2H])c54)cc2N3Cc2c(-c3ccccc3)cc(C(C)(C)C)cc2-c2ccccc2)c([2H])c1[2H]. The van der Waals surface area contributed by atoms with Gasteiger partial charge in [0, 0.05) is 110 Å². The molecule has 0 spiro atoms. The van der Waals surface area contributed by atoms with Crippen molar-refractivity contribution in [3.63, 3.8) is 0 Å². The Balaban J connectivity index is 0.907. The van der Waals surface area contributed by atoms with Gasteiger partial charge in [0.25, 0.3) is 6.71 Å². The zero-order valence-corrected chi connectivity index (χ0v) is 69.0. The van der Waals surface area contributed by atoms with Crippen LogP contribution in [0.4, 0.5) is 39.8 Å². The molecule has 0 aliphatic carbocycles. The zero-order valence-electron chi connectivity index (χ0n) is 86.0. The van der Waals surface area contributed by atoms with Crippen molar-refractivity contribution in [2.45, 2.75) is 118 Å². The van der Waals surface area contributed by atoms with E-state index in [0.717, 1.165) is 128 Å². The van der Waals surface area contributed by atoms with Crippen LogP contribution in [0.25, 0.3) is 88.1 Å². The third-order valence-electron chi connectivity index (χ3n) is 24.4. The maximum atomic E-state index is 10.3. The number of rotatable bonds is 18. The molecule has 0 atom stereocenters. The first-order valence-corrected chi connectivity index (χ1v) is 41.5. The Labute approximate surface area is 731 Å². The van der Waals surface area contributed by atoms with Gasteiger partial charge in [-0.25, -0.2) is 0 Å². The van der Waals surface area contributed by atoms with Crippen LogP contribution >= 0.6 is 0 Å². The van der Waals surface area contributed by atoms with Crippen molar-refractivity contribution in [1.29, 1.82) is 0 Å². The zero-order chi connectivity index (χ0) is 96.3. The van der Waals surface area contributed by atoms with Crippen LogP contribution in [0, 0.1) is 0 Å². The van der Waals surface area contributed by atoms with Crippen LogP contribution in [0.2, 0.25) is 0 Å². The highest BCUT2D eigenvalue weighted by atomic mass is 15.2. The second-order valence-corrected chi connectivity index (χ2v) is 35.1. The van der Waals surface area contributed by atoms with Crippen molar-refractivity contribution in [2.75, 3.05) is 14.7 Å². The smallest absolute Gasteiger partial charge is 0.252 e. The third-order valence-corrected chi connectivity index (χ3v) is 24.4. The van der Waals surface area contributed by atoms with Crippen LogP contribution in [0.5, 0.6) is 0 Å². The van der Waals surface area contributed by atoms with Crippen LogP contribution in [0.15, 0.2) is 370 Å². The minimum atomic E-state index is -0.558. The van der Waals surface area contributed by atoms with Crippen LogP contribution < -0.4 is 31.1 Å². The molecule has 5 nitrogen and oxygen atoms in total. The molecule has 2 aliphatic heterocycles. The molecule has 2 aromatic heterocycles. The monoisotopic (exact) mass is 1570 g/mol. The Morgan fingerprint density at radius 3 is 1.20 bits per heavy atom. The molecule has 0 amide bonds. The normalized spacial score (nSPS) is 14.7. The number of nitrogens with zero attached hydrogens (tertiary/aromatic N) is 5. The fraction of sp³-hybridized carbons (Fsp3) is 0.158. The summed E-state index contributed by atoms with van der Waals surface area (Å²) in [7, 11) is 0. The largest absolute Gasteiger partial charge is 0.340 e. The van der Waals surface area contributed by atoms with E-state index in [2.05, 4.69) is 278 Å². The van der Waals surface area contributed by atoms with Crippen molar-refractivity contribution in [2.24, 2.45) is 0 Å². The summed E-state index contributed by atoms with van der Waals surface area (Å²) in [5.74, 6) is 0. The summed E-state index contributed by atoms with van der Waals surface area (Å²) in [5.41, 5.74) is 24.8. The second kappa shape index (κ2) is 30.5. The number of anilines is 7. The summed E-state index contributed by atoms with van der Waals surface area (Å²) >= 11 is 0. The van der Waals surface area contributed by atoms with Crippen LogP contribution in [-0.2, 0) is 55.3 Å². The Hall–Kier alpha value is -13.4. The molecule has 0 fully saturated rings. The van der Waals surface area contributed by atoms with Crippen molar-refractivity contribution in [3.8, 4) is 44.5 Å². The van der Waals surface area contributed by atoms with Gasteiger partial charge in [-0.05, 0) is 225 Å². The fourth-order valence-corrected chi connectivity index (χ4v) is 18.3. The van der Waals surface area contributed by atoms with E-state index in [-0.39, 0.29) is 105 Å². The summed E-state index contributed by atoms with van der Waals surface area (Å²) in [6.07, 6.45) is 0.792. The number of benzene rings is 16. The fourth-order valence-electron chi connectivity index (χ4n) is 18.3. The maximum absolute atomic E-state index is 10.3. The van der Waals surface area contributed by atoms with Crippen LogP contribution in [0.3, 0.4) is 0 Å². The van der Waals surface area contributed by atoms with Crippen molar-refractivity contribution >= 4 is 107 Å². The summed E-state index contributed by atoms with van der Waals surface area (Å²) < 4.78 is 163. The van der Waals surface area contributed by atoms with Gasteiger partial charge < -0.3 is 23.8 Å². The highest BCUT2D eigenvalue weighted by Crippen LogP contribution is 2.49. The predicted octanol–water partition coefficient (Wildman–Crippen LogP) is 27.6. The average Bonchev–Trinajstić information content (AvgIpc) is 1.10. The molecule has 4 heterocycles. The molecule has 2 aliphatic rings. The van der Waals surface area contributed by atoms with Gasteiger partial charge in [0.05, 0.1) is 23.3 Å². The molecule has 120 heavy (non-hydrogen) atoms. The Kier molecular flexibility index (Phi) is 14.9. The molecule has 20 rings (SSSR count). The number of hydrogen-bond acceptors (Lipinski definition) is 3. The highest BCUT2D eigenvalue weighted by Gasteiger charge is 2.44. The minimum Gasteiger partial charge on any atom is -0.340 e. The van der Waals surface area contributed by atoms with Gasteiger partial charge in [0.2, 0.25) is 0 Å². The first kappa shape index (κ1) is 58.4. The summed E-state index contributed by atoms with van der Waals surface area (Å²) in [6.45, 7) is 20.2. The van der Waals surface area contributed by atoms with Gasteiger partial charge in [-0.1, -0.05) is 347 Å². The van der Waals surface area contributed by atoms with E-state index in [4.69, 9.17) is 9.60 Å². The van der Waals surface area contributed by atoms with Crippen molar-refractivity contribution in [3.05, 3.63) is 420 Å². The third kappa shape index (κ3) is 14.0. The lowest BCUT2D eigenvalue weighted by Gasteiger charge is -2.45. The van der Waals surface area contributed by atoms with Crippen molar-refractivity contribution < 1.29 is 23.3 Å². The lowest BCUT2D eigenvalue weighted by atomic mass is 9.33. The van der Waals surface area contributed by atoms with Gasteiger partial charge in [-0.2, -0.15) is 0 Å². The van der Waals surface area contributed by atoms with Gasteiger partial charge in [0.1, 0.15) is 0 Å². The van der Waals surface area contributed by atoms with E-state index in [1.54, 1.807) is 39.8 Å². The second-order valence-electron chi connectivity index (χ2n) is 35.1. The average molecular weight is 1570 g/mol. The minimum absolute atomic E-state index is 0.00254. The van der Waals surface area contributed by atoms with E-state index >= 15 is 0 Å².